The third-order valence-electron chi connectivity index (χ3n) is 7.16. The molecule has 1 aromatic rings. The molecule has 5 aliphatic rings. The van der Waals surface area contributed by atoms with E-state index < -0.39 is 0 Å². The molecule has 1 N–H and O–H groups in total. The minimum Gasteiger partial charge on any atom is -0.491 e. The van der Waals surface area contributed by atoms with Gasteiger partial charge in [-0.15, -0.1) is 0 Å². The normalized spacial score (nSPS) is 36.9. The van der Waals surface area contributed by atoms with Gasteiger partial charge in [-0.05, 0) is 112 Å². The highest BCUT2D eigenvalue weighted by atomic mass is 16.5. The van der Waals surface area contributed by atoms with E-state index in [2.05, 4.69) is 31.3 Å². The second-order valence-electron chi connectivity index (χ2n) is 9.41. The first-order valence-electron chi connectivity index (χ1n) is 10.1. The quantitative estimate of drug-likeness (QED) is 0.878. The number of fused-ring (bicyclic) bond motifs is 1. The first kappa shape index (κ1) is 15.3. The summed E-state index contributed by atoms with van der Waals surface area (Å²) in [5.74, 6) is 4.17. The third kappa shape index (κ3) is 2.41. The van der Waals surface area contributed by atoms with Gasteiger partial charge in [-0.3, -0.25) is 0 Å². The highest BCUT2D eigenvalue weighted by molar-refractivity contribution is 5.49. The van der Waals surface area contributed by atoms with Crippen molar-refractivity contribution in [3.05, 3.63) is 28.8 Å². The molecule has 24 heavy (non-hydrogen) atoms. The lowest BCUT2D eigenvalue weighted by Crippen LogP contribution is -2.48. The molecule has 0 saturated heterocycles. The Morgan fingerprint density at radius 1 is 1.00 bits per heavy atom. The Labute approximate surface area is 146 Å². The molecule has 0 unspecified atom stereocenters. The first-order chi connectivity index (χ1) is 11.6. The van der Waals surface area contributed by atoms with Crippen LogP contribution in [0.4, 0.5) is 0 Å². The van der Waals surface area contributed by atoms with Gasteiger partial charge in [-0.25, -0.2) is 0 Å². The minimum atomic E-state index is 0.262. The summed E-state index contributed by atoms with van der Waals surface area (Å²) in [6.45, 7) is 6.48. The lowest BCUT2D eigenvalue weighted by molar-refractivity contribution is -0.00676. The molecule has 130 valence electrons. The van der Waals surface area contributed by atoms with Gasteiger partial charge in [0.2, 0.25) is 0 Å². The molecule has 2 heteroatoms. The van der Waals surface area contributed by atoms with Gasteiger partial charge in [-0.1, -0.05) is 0 Å². The van der Waals surface area contributed by atoms with Crippen molar-refractivity contribution in [3.63, 3.8) is 0 Å². The molecule has 0 radical (unpaired) electrons. The molecular weight excluding hydrogens is 294 g/mol. The Balaban J connectivity index is 1.61. The van der Waals surface area contributed by atoms with Gasteiger partial charge >= 0.3 is 0 Å². The number of hydrogen-bond donors (Lipinski definition) is 1. The van der Waals surface area contributed by atoms with E-state index in [-0.39, 0.29) is 6.10 Å². The number of benzene rings is 1. The minimum absolute atomic E-state index is 0.262. The maximum atomic E-state index is 6.38. The molecule has 6 rings (SSSR count). The predicted molar refractivity (Wildman–Crippen MR) is 97.5 cm³/mol. The van der Waals surface area contributed by atoms with Gasteiger partial charge < -0.3 is 10.1 Å². The lowest BCUT2D eigenvalue weighted by atomic mass is 9.48. The maximum Gasteiger partial charge on any atom is 0.123 e. The van der Waals surface area contributed by atoms with E-state index in [1.165, 1.54) is 55.4 Å². The van der Waals surface area contributed by atoms with E-state index in [0.717, 1.165) is 37.3 Å². The molecule has 1 aromatic carbocycles. The predicted octanol–water partition coefficient (Wildman–Crippen LogP) is 4.59. The standard InChI is InChI=1S/C22H31NO/c1-14(2)24-21-9-18-3-4-23-13-19(18)8-20(21)22-10-15-5-16(11-22)7-17(6-15)12-22/h8-9,14-17,23H,3-7,10-13H2,1-2H3. The van der Waals surface area contributed by atoms with Crippen LogP contribution in [0.5, 0.6) is 5.75 Å². The second kappa shape index (κ2) is 5.49. The number of rotatable bonds is 3. The third-order valence-corrected chi connectivity index (χ3v) is 7.16. The molecule has 1 aliphatic heterocycles. The van der Waals surface area contributed by atoms with Crippen molar-refractivity contribution in [3.8, 4) is 5.75 Å². The van der Waals surface area contributed by atoms with Gasteiger partial charge in [0.1, 0.15) is 5.75 Å². The highest BCUT2D eigenvalue weighted by Crippen LogP contribution is 2.62. The van der Waals surface area contributed by atoms with Crippen LogP contribution in [0, 0.1) is 17.8 Å². The van der Waals surface area contributed by atoms with Crippen molar-refractivity contribution in [2.75, 3.05) is 6.54 Å². The van der Waals surface area contributed by atoms with Crippen molar-refractivity contribution in [1.82, 2.24) is 5.32 Å². The average molecular weight is 325 g/mol. The van der Waals surface area contributed by atoms with Crippen LogP contribution >= 0.6 is 0 Å². The molecule has 4 aliphatic carbocycles. The van der Waals surface area contributed by atoms with E-state index in [1.54, 1.807) is 5.56 Å². The van der Waals surface area contributed by atoms with E-state index in [9.17, 15) is 0 Å². The number of nitrogens with one attached hydrogen (secondary N) is 1. The monoisotopic (exact) mass is 325 g/mol. The highest BCUT2D eigenvalue weighted by Gasteiger charge is 2.52. The van der Waals surface area contributed by atoms with Crippen LogP contribution in [0.1, 0.15) is 69.1 Å². The Hall–Kier alpha value is -1.02. The van der Waals surface area contributed by atoms with E-state index in [4.69, 9.17) is 4.74 Å². The van der Waals surface area contributed by atoms with E-state index in [0.29, 0.717) is 5.41 Å². The molecule has 0 amide bonds. The van der Waals surface area contributed by atoms with Crippen LogP contribution in [0.15, 0.2) is 12.1 Å². The second-order valence-corrected chi connectivity index (χ2v) is 9.41. The summed E-state index contributed by atoms with van der Waals surface area (Å²) < 4.78 is 6.38. The van der Waals surface area contributed by atoms with Crippen molar-refractivity contribution >= 4 is 0 Å². The van der Waals surface area contributed by atoms with Crippen LogP contribution in [-0.4, -0.2) is 12.6 Å². The zero-order valence-electron chi connectivity index (χ0n) is 15.2. The van der Waals surface area contributed by atoms with Crippen molar-refractivity contribution < 1.29 is 4.74 Å². The topological polar surface area (TPSA) is 21.3 Å². The van der Waals surface area contributed by atoms with Gasteiger partial charge in [0, 0.05) is 12.1 Å². The van der Waals surface area contributed by atoms with Crippen molar-refractivity contribution in [1.29, 1.82) is 0 Å². The van der Waals surface area contributed by atoms with Gasteiger partial charge in [0.15, 0.2) is 0 Å². The summed E-state index contributed by atoms with van der Waals surface area (Å²) >= 11 is 0. The summed E-state index contributed by atoms with van der Waals surface area (Å²) in [5.41, 5.74) is 5.03. The zero-order chi connectivity index (χ0) is 16.3. The zero-order valence-corrected chi connectivity index (χ0v) is 15.2. The van der Waals surface area contributed by atoms with Crippen LogP contribution in [0.3, 0.4) is 0 Å². The SMILES string of the molecule is CC(C)Oc1cc2c(cc1C13CC4CC(CC(C4)C1)C3)CNCC2. The van der Waals surface area contributed by atoms with Gasteiger partial charge in [0.25, 0.3) is 0 Å². The lowest BCUT2D eigenvalue weighted by Gasteiger charge is -2.57. The fourth-order valence-corrected chi connectivity index (χ4v) is 6.72. The van der Waals surface area contributed by atoms with Crippen molar-refractivity contribution in [2.45, 2.75) is 76.9 Å². The fourth-order valence-electron chi connectivity index (χ4n) is 6.72. The van der Waals surface area contributed by atoms with Crippen molar-refractivity contribution in [2.24, 2.45) is 17.8 Å². The smallest absolute Gasteiger partial charge is 0.123 e. The summed E-state index contributed by atoms with van der Waals surface area (Å²) in [7, 11) is 0. The summed E-state index contributed by atoms with van der Waals surface area (Å²) in [6, 6.07) is 4.95. The first-order valence-corrected chi connectivity index (χ1v) is 10.1. The molecule has 4 fully saturated rings. The van der Waals surface area contributed by atoms with E-state index in [1.807, 2.05) is 0 Å². The summed E-state index contributed by atoms with van der Waals surface area (Å²) in [5, 5.41) is 3.56. The van der Waals surface area contributed by atoms with Crippen LogP contribution in [0.25, 0.3) is 0 Å². The average Bonchev–Trinajstić information content (AvgIpc) is 2.52. The van der Waals surface area contributed by atoms with Crippen LogP contribution in [-0.2, 0) is 18.4 Å². The Morgan fingerprint density at radius 2 is 1.67 bits per heavy atom. The number of hydrogen-bond acceptors (Lipinski definition) is 2. The Kier molecular flexibility index (Phi) is 3.49. The summed E-state index contributed by atoms with van der Waals surface area (Å²) in [6.07, 6.45) is 10.2. The number of ether oxygens (including phenoxy) is 1. The van der Waals surface area contributed by atoms with Crippen LogP contribution in [0.2, 0.25) is 0 Å². The largest absolute Gasteiger partial charge is 0.491 e. The maximum absolute atomic E-state index is 6.38. The molecule has 4 saturated carbocycles. The molecule has 0 spiro atoms. The molecule has 2 nitrogen and oxygen atoms in total. The molecule has 0 atom stereocenters. The van der Waals surface area contributed by atoms with Crippen LogP contribution < -0.4 is 10.1 Å². The molecule has 1 heterocycles. The van der Waals surface area contributed by atoms with Gasteiger partial charge in [0.05, 0.1) is 6.10 Å². The molecule has 4 bridgehead atoms. The molecular formula is C22H31NO. The summed E-state index contributed by atoms with van der Waals surface area (Å²) in [4.78, 5) is 0. The molecule has 0 aromatic heterocycles. The Morgan fingerprint density at radius 3 is 2.29 bits per heavy atom. The Bertz CT molecular complexity index is 612. The van der Waals surface area contributed by atoms with Gasteiger partial charge in [-0.2, -0.15) is 0 Å². The van der Waals surface area contributed by atoms with E-state index >= 15 is 0 Å². The fraction of sp³-hybridized carbons (Fsp3) is 0.727.